The molecule has 0 unspecified atom stereocenters. The molecule has 0 bridgehead atoms. The van der Waals surface area contributed by atoms with E-state index in [2.05, 4.69) is 160 Å². The van der Waals surface area contributed by atoms with E-state index in [1.54, 1.807) is 11.1 Å². The van der Waals surface area contributed by atoms with Gasteiger partial charge in [0.25, 0.3) is 0 Å². The Kier molecular flexibility index (Phi) is 13.5. The number of anilines is 3. The highest BCUT2D eigenvalue weighted by Crippen LogP contribution is 2.58. The Labute approximate surface area is 367 Å². The third-order valence-electron chi connectivity index (χ3n) is 14.3. The SMILES string of the molecule is CCCCCCc1ccsc1-c1ccc(N(c2ccc3c(c2)C(CCCC)(CCCC)c2ccccc2-3)c2ccc3c(c2)C(CCCC)(CCCC)c2ccccc2-3)cc1. The van der Waals surface area contributed by atoms with Gasteiger partial charge in [-0.05, 0) is 142 Å². The van der Waals surface area contributed by atoms with Crippen LogP contribution in [0.4, 0.5) is 17.1 Å². The molecule has 0 saturated carbocycles. The molecule has 0 fully saturated rings. The molecule has 0 saturated heterocycles. The van der Waals surface area contributed by atoms with E-state index in [0.717, 1.165) is 6.42 Å². The Bertz CT molecular complexity index is 2210. The van der Waals surface area contributed by atoms with E-state index in [4.69, 9.17) is 0 Å². The fourth-order valence-corrected chi connectivity index (χ4v) is 12.1. The first-order valence-electron chi connectivity index (χ1n) is 24.0. The maximum Gasteiger partial charge on any atom is 0.0465 e. The fraction of sp³-hybridized carbons (Fsp3) is 0.414. The Hall–Kier alpha value is -4.40. The van der Waals surface area contributed by atoms with Crippen LogP contribution >= 0.6 is 11.3 Å². The second kappa shape index (κ2) is 19.1. The molecule has 0 aliphatic heterocycles. The lowest BCUT2D eigenvalue weighted by molar-refractivity contribution is 0.414. The molecule has 2 heteroatoms. The highest BCUT2D eigenvalue weighted by atomic mass is 32.1. The molecule has 8 rings (SSSR count). The van der Waals surface area contributed by atoms with Gasteiger partial charge in [-0.2, -0.15) is 0 Å². The summed E-state index contributed by atoms with van der Waals surface area (Å²) < 4.78 is 0. The second-order valence-corrected chi connectivity index (χ2v) is 19.0. The molecule has 1 heterocycles. The molecular formula is C58H69NS. The zero-order valence-electron chi connectivity index (χ0n) is 37.4. The van der Waals surface area contributed by atoms with Crippen LogP contribution in [0, 0.1) is 0 Å². The average molecular weight is 812 g/mol. The summed E-state index contributed by atoms with van der Waals surface area (Å²) in [5.74, 6) is 0. The number of unbranched alkanes of at least 4 members (excludes halogenated alkanes) is 7. The van der Waals surface area contributed by atoms with Crippen LogP contribution in [0.2, 0.25) is 0 Å². The Morgan fingerprint density at radius 3 is 1.35 bits per heavy atom. The van der Waals surface area contributed by atoms with E-state index in [1.807, 2.05) is 11.3 Å². The van der Waals surface area contributed by atoms with Gasteiger partial charge < -0.3 is 4.90 Å². The molecule has 0 radical (unpaired) electrons. The van der Waals surface area contributed by atoms with Crippen molar-refractivity contribution in [3.8, 4) is 32.7 Å². The number of thiophene rings is 1. The maximum absolute atomic E-state index is 2.62. The molecule has 1 aromatic heterocycles. The number of hydrogen-bond acceptors (Lipinski definition) is 2. The van der Waals surface area contributed by atoms with Crippen molar-refractivity contribution >= 4 is 28.4 Å². The van der Waals surface area contributed by atoms with Crippen molar-refractivity contribution in [3.05, 3.63) is 148 Å². The van der Waals surface area contributed by atoms with E-state index in [-0.39, 0.29) is 10.8 Å². The lowest BCUT2D eigenvalue weighted by Gasteiger charge is -2.35. The standard InChI is InChI=1S/C58H69NS/c1-6-11-16-17-22-43-35-40-60-56(43)44-27-29-45(30-28-44)59(46-31-33-50-48-23-18-20-25-52(48)57(36-12-7-2,37-13-8-3)54(50)41-46)47-32-34-51-49-24-19-21-26-53(49)58(38-14-9-4,39-15-10-5)55(51)42-47/h18-21,23-35,40-42H,6-17,22,36-39H2,1-5H3. The molecule has 0 atom stereocenters. The molecule has 6 aromatic rings. The van der Waals surface area contributed by atoms with E-state index in [1.165, 1.54) is 169 Å². The summed E-state index contributed by atoms with van der Waals surface area (Å²) in [6.45, 7) is 11.7. The van der Waals surface area contributed by atoms with Crippen LogP contribution in [0.25, 0.3) is 32.7 Å². The Morgan fingerprint density at radius 1 is 0.417 bits per heavy atom. The fourth-order valence-electron chi connectivity index (χ4n) is 11.1. The lowest BCUT2D eigenvalue weighted by Crippen LogP contribution is -2.26. The third kappa shape index (κ3) is 7.83. The van der Waals surface area contributed by atoms with Crippen LogP contribution in [0.1, 0.15) is 165 Å². The van der Waals surface area contributed by atoms with Gasteiger partial charge in [-0.3, -0.25) is 0 Å². The maximum atomic E-state index is 2.62. The molecule has 312 valence electrons. The van der Waals surface area contributed by atoms with Gasteiger partial charge in [0.2, 0.25) is 0 Å². The van der Waals surface area contributed by atoms with Crippen LogP contribution < -0.4 is 4.90 Å². The minimum Gasteiger partial charge on any atom is -0.310 e. The van der Waals surface area contributed by atoms with Crippen molar-refractivity contribution in [2.45, 2.75) is 155 Å². The number of hydrogen-bond donors (Lipinski definition) is 0. The molecule has 0 N–H and O–H groups in total. The monoisotopic (exact) mass is 812 g/mol. The van der Waals surface area contributed by atoms with Gasteiger partial charge in [-0.15, -0.1) is 11.3 Å². The average Bonchev–Trinajstić information content (AvgIpc) is 3.95. The first kappa shape index (κ1) is 42.3. The second-order valence-electron chi connectivity index (χ2n) is 18.1. The zero-order valence-corrected chi connectivity index (χ0v) is 38.2. The molecule has 0 amide bonds. The number of rotatable bonds is 21. The summed E-state index contributed by atoms with van der Waals surface area (Å²) >= 11 is 1.90. The van der Waals surface area contributed by atoms with Gasteiger partial charge in [0.15, 0.2) is 0 Å². The van der Waals surface area contributed by atoms with E-state index in [0.29, 0.717) is 0 Å². The van der Waals surface area contributed by atoms with Crippen molar-refractivity contribution in [2.75, 3.05) is 4.90 Å². The molecule has 2 aliphatic carbocycles. The Morgan fingerprint density at radius 2 is 0.867 bits per heavy atom. The number of fused-ring (bicyclic) bond motifs is 6. The summed E-state index contributed by atoms with van der Waals surface area (Å²) in [5, 5.41) is 2.29. The lowest BCUT2D eigenvalue weighted by atomic mass is 9.70. The predicted octanol–water partition coefficient (Wildman–Crippen LogP) is 18.3. The first-order valence-corrected chi connectivity index (χ1v) is 24.9. The molecular weight excluding hydrogens is 743 g/mol. The van der Waals surface area contributed by atoms with Gasteiger partial charge in [0, 0.05) is 32.8 Å². The zero-order chi connectivity index (χ0) is 41.5. The topological polar surface area (TPSA) is 3.24 Å². The van der Waals surface area contributed by atoms with Gasteiger partial charge >= 0.3 is 0 Å². The molecule has 1 nitrogen and oxygen atoms in total. The van der Waals surface area contributed by atoms with Crippen molar-refractivity contribution < 1.29 is 0 Å². The first-order chi connectivity index (χ1) is 29.5. The van der Waals surface area contributed by atoms with Crippen molar-refractivity contribution in [1.29, 1.82) is 0 Å². The number of aryl methyl sites for hydroxylation is 1. The highest BCUT2D eigenvalue weighted by molar-refractivity contribution is 7.13. The smallest absolute Gasteiger partial charge is 0.0465 e. The number of nitrogens with zero attached hydrogens (tertiary/aromatic N) is 1. The van der Waals surface area contributed by atoms with Crippen LogP contribution in [0.3, 0.4) is 0 Å². The van der Waals surface area contributed by atoms with Crippen molar-refractivity contribution in [3.63, 3.8) is 0 Å². The van der Waals surface area contributed by atoms with E-state index >= 15 is 0 Å². The molecule has 0 spiro atoms. The summed E-state index contributed by atoms with van der Waals surface area (Å²) in [7, 11) is 0. The summed E-state index contributed by atoms with van der Waals surface area (Å²) in [4.78, 5) is 4.04. The summed E-state index contributed by atoms with van der Waals surface area (Å²) in [5.41, 5.74) is 18.6. The van der Waals surface area contributed by atoms with Crippen LogP contribution in [-0.2, 0) is 17.3 Å². The summed E-state index contributed by atoms with van der Waals surface area (Å²) in [6.07, 6.45) is 20.9. The Balaban J connectivity index is 1.29. The van der Waals surface area contributed by atoms with Crippen LogP contribution in [0.15, 0.2) is 121 Å². The largest absolute Gasteiger partial charge is 0.310 e. The van der Waals surface area contributed by atoms with Gasteiger partial charge in [-0.1, -0.05) is 178 Å². The quantitative estimate of drug-likeness (QED) is 0.0655. The third-order valence-corrected chi connectivity index (χ3v) is 15.3. The normalized spacial score (nSPS) is 14.2. The van der Waals surface area contributed by atoms with Crippen molar-refractivity contribution in [2.24, 2.45) is 0 Å². The van der Waals surface area contributed by atoms with Gasteiger partial charge in [0.05, 0.1) is 0 Å². The van der Waals surface area contributed by atoms with Gasteiger partial charge in [0.1, 0.15) is 0 Å². The summed E-state index contributed by atoms with van der Waals surface area (Å²) in [6, 6.07) is 45.7. The van der Waals surface area contributed by atoms with E-state index in [9.17, 15) is 0 Å². The predicted molar refractivity (Wildman–Crippen MR) is 263 cm³/mol. The molecule has 2 aliphatic rings. The van der Waals surface area contributed by atoms with E-state index < -0.39 is 0 Å². The van der Waals surface area contributed by atoms with Crippen LogP contribution in [0.5, 0.6) is 0 Å². The molecule has 5 aromatic carbocycles. The van der Waals surface area contributed by atoms with Gasteiger partial charge in [-0.25, -0.2) is 0 Å². The number of benzene rings is 5. The highest BCUT2D eigenvalue weighted by Gasteiger charge is 2.44. The minimum absolute atomic E-state index is 0.0330. The minimum atomic E-state index is 0.0330. The molecule has 60 heavy (non-hydrogen) atoms. The van der Waals surface area contributed by atoms with Crippen molar-refractivity contribution in [1.82, 2.24) is 0 Å². The van der Waals surface area contributed by atoms with Crippen LogP contribution in [-0.4, -0.2) is 0 Å².